The van der Waals surface area contributed by atoms with Gasteiger partial charge in [0.25, 0.3) is 5.91 Å². The van der Waals surface area contributed by atoms with E-state index in [-0.39, 0.29) is 29.4 Å². The molecule has 6 unspecified atom stereocenters. The quantitative estimate of drug-likeness (QED) is 0.608. The van der Waals surface area contributed by atoms with Crippen molar-refractivity contribution in [3.8, 4) is 12.1 Å². The third kappa shape index (κ3) is 2.66. The molecule has 7 nitrogen and oxygen atoms in total. The molecule has 0 aromatic carbocycles. The maximum absolute atomic E-state index is 14.6. The van der Waals surface area contributed by atoms with Crippen LogP contribution in [0.1, 0.15) is 85.0 Å². The van der Waals surface area contributed by atoms with E-state index in [1.165, 1.54) is 0 Å². The number of fused-ring (bicyclic) bond motifs is 7. The molecular formula is C28H35N5O2. The van der Waals surface area contributed by atoms with Crippen molar-refractivity contribution in [2.24, 2.45) is 33.1 Å². The van der Waals surface area contributed by atoms with Crippen LogP contribution in [0.25, 0.3) is 0 Å². The Kier molecular flexibility index (Phi) is 4.91. The lowest BCUT2D eigenvalue weighted by atomic mass is 9.40. The van der Waals surface area contributed by atoms with E-state index in [1.807, 2.05) is 0 Å². The first-order chi connectivity index (χ1) is 16.8. The first kappa shape index (κ1) is 22.9. The first-order valence-corrected chi connectivity index (χ1v) is 13.5. The second-order valence-corrected chi connectivity index (χ2v) is 12.4. The highest BCUT2D eigenvalue weighted by atomic mass is 16.2. The van der Waals surface area contributed by atoms with Crippen molar-refractivity contribution in [2.45, 2.75) is 97.3 Å². The van der Waals surface area contributed by atoms with Crippen molar-refractivity contribution in [3.63, 3.8) is 0 Å². The number of amidine groups is 1. The van der Waals surface area contributed by atoms with Crippen molar-refractivity contribution >= 4 is 17.5 Å². The molecule has 0 aromatic heterocycles. The molecule has 2 saturated heterocycles. The average Bonchev–Trinajstić information content (AvgIpc) is 2.81. The molecule has 1 amide bonds. The van der Waals surface area contributed by atoms with Crippen LogP contribution in [0.2, 0.25) is 0 Å². The Hall–Kier alpha value is -2.51. The van der Waals surface area contributed by atoms with Gasteiger partial charge in [-0.05, 0) is 55.9 Å². The second kappa shape index (κ2) is 7.50. The lowest BCUT2D eigenvalue weighted by Crippen LogP contribution is -2.76. The number of piperidine rings is 2. The lowest BCUT2D eigenvalue weighted by Gasteiger charge is -2.65. The van der Waals surface area contributed by atoms with Gasteiger partial charge < -0.3 is 0 Å². The molecule has 6 rings (SSSR count). The van der Waals surface area contributed by atoms with Crippen LogP contribution in [-0.2, 0) is 9.59 Å². The maximum atomic E-state index is 14.6. The van der Waals surface area contributed by atoms with Crippen LogP contribution in [0.4, 0.5) is 0 Å². The van der Waals surface area contributed by atoms with Gasteiger partial charge in [-0.1, -0.05) is 33.6 Å². The smallest absolute Gasteiger partial charge is 0.250 e. The van der Waals surface area contributed by atoms with Crippen molar-refractivity contribution in [1.29, 1.82) is 10.5 Å². The number of Topliss-reactive ketones (excluding diaryl/α,β-unsaturated/α-hetero) is 1. The third-order valence-corrected chi connectivity index (χ3v) is 9.90. The van der Waals surface area contributed by atoms with Crippen LogP contribution in [-0.4, -0.2) is 46.2 Å². The second-order valence-electron chi connectivity index (χ2n) is 12.4. The molecule has 3 heterocycles. The number of unbranched alkanes of at least 4 members (excludes halogenated alkanes) is 1. The predicted octanol–water partition coefficient (Wildman–Crippen LogP) is 4.31. The minimum atomic E-state index is -1.36. The molecule has 0 spiro atoms. The molecule has 184 valence electrons. The van der Waals surface area contributed by atoms with Crippen LogP contribution < -0.4 is 0 Å². The normalized spacial score (nSPS) is 41.4. The number of rotatable bonds is 3. The van der Waals surface area contributed by atoms with Gasteiger partial charge >= 0.3 is 0 Å². The average molecular weight is 474 g/mol. The minimum Gasteiger partial charge on any atom is -0.295 e. The van der Waals surface area contributed by atoms with Crippen LogP contribution in [0, 0.1) is 50.7 Å². The summed E-state index contributed by atoms with van der Waals surface area (Å²) in [6, 6.07) is 5.18. The molecule has 6 aliphatic rings. The fourth-order valence-electron chi connectivity index (χ4n) is 8.58. The minimum absolute atomic E-state index is 0.0308. The Bertz CT molecular complexity index is 1150. The molecule has 3 fully saturated rings. The summed E-state index contributed by atoms with van der Waals surface area (Å²) in [5.74, 6) is -0.458. The number of amides is 1. The van der Waals surface area contributed by atoms with Crippen molar-refractivity contribution < 1.29 is 9.59 Å². The van der Waals surface area contributed by atoms with Gasteiger partial charge in [-0.15, -0.1) is 0 Å². The Balaban J connectivity index is 1.66. The number of nitriles is 2. The van der Waals surface area contributed by atoms with Gasteiger partial charge in [0.05, 0.1) is 18.3 Å². The number of nitrogens with zero attached hydrogens (tertiary/aromatic N) is 5. The van der Waals surface area contributed by atoms with Gasteiger partial charge in [0.2, 0.25) is 0 Å². The van der Waals surface area contributed by atoms with E-state index in [4.69, 9.17) is 4.99 Å². The Morgan fingerprint density at radius 3 is 2.54 bits per heavy atom. The van der Waals surface area contributed by atoms with Crippen LogP contribution >= 0.6 is 0 Å². The summed E-state index contributed by atoms with van der Waals surface area (Å²) in [5.41, 5.74) is -1.26. The number of hydrogen-bond donors (Lipinski definition) is 0. The summed E-state index contributed by atoms with van der Waals surface area (Å²) in [6.45, 7) is 7.21. The molecule has 0 aromatic rings. The van der Waals surface area contributed by atoms with Gasteiger partial charge in [0.15, 0.2) is 5.78 Å². The summed E-state index contributed by atoms with van der Waals surface area (Å²) in [7, 11) is 0. The fraction of sp³-hybridized carbons (Fsp3) is 0.750. The zero-order valence-electron chi connectivity index (χ0n) is 21.1. The zero-order valence-corrected chi connectivity index (χ0v) is 21.1. The number of allylic oxidation sites excluding steroid dienone is 1. The van der Waals surface area contributed by atoms with Crippen molar-refractivity contribution in [1.82, 2.24) is 9.80 Å². The third-order valence-electron chi connectivity index (χ3n) is 9.90. The van der Waals surface area contributed by atoms with Crippen LogP contribution in [0.3, 0.4) is 0 Å². The highest BCUT2D eigenvalue weighted by Gasteiger charge is 2.76. The molecule has 3 aliphatic heterocycles. The Labute approximate surface area is 207 Å². The maximum Gasteiger partial charge on any atom is 0.250 e. The van der Waals surface area contributed by atoms with E-state index in [9.17, 15) is 20.1 Å². The van der Waals surface area contributed by atoms with Gasteiger partial charge in [0, 0.05) is 30.4 Å². The first-order valence-electron chi connectivity index (χ1n) is 13.5. The van der Waals surface area contributed by atoms with Crippen molar-refractivity contribution in [2.75, 3.05) is 6.54 Å². The summed E-state index contributed by atoms with van der Waals surface area (Å²) < 4.78 is 0. The zero-order chi connectivity index (χ0) is 24.8. The van der Waals surface area contributed by atoms with E-state index in [1.54, 1.807) is 4.90 Å². The van der Waals surface area contributed by atoms with E-state index in [2.05, 4.69) is 37.8 Å². The lowest BCUT2D eigenvalue weighted by molar-refractivity contribution is -0.161. The number of aliphatic imine (C=N–C) groups is 1. The van der Waals surface area contributed by atoms with E-state index in [0.717, 1.165) is 50.6 Å². The molecule has 6 atom stereocenters. The molecule has 1 saturated carbocycles. The summed E-state index contributed by atoms with van der Waals surface area (Å²) in [6.07, 6.45) is 7.79. The van der Waals surface area contributed by atoms with Gasteiger partial charge in [-0.25, -0.2) is 0 Å². The molecule has 0 N–H and O–H groups in total. The van der Waals surface area contributed by atoms with Gasteiger partial charge in [-0.2, -0.15) is 10.5 Å². The van der Waals surface area contributed by atoms with Crippen LogP contribution in [0.15, 0.2) is 16.1 Å². The summed E-state index contributed by atoms with van der Waals surface area (Å²) in [5, 5.41) is 21.9. The van der Waals surface area contributed by atoms with E-state index in [0.29, 0.717) is 37.1 Å². The van der Waals surface area contributed by atoms with Crippen LogP contribution in [0.5, 0.6) is 0 Å². The molecule has 3 aliphatic carbocycles. The number of carbonyl (C=O) groups is 2. The molecule has 6 bridgehead atoms. The molecular weight excluding hydrogens is 438 g/mol. The predicted molar refractivity (Wildman–Crippen MR) is 129 cm³/mol. The number of ketones is 1. The molecule has 7 heteroatoms. The highest BCUT2D eigenvalue weighted by molar-refractivity contribution is 6.14. The SMILES string of the molecule is CCCCN1C2CCCC1N1C(=O)C3(C#N)C4CCCC3C(C#N)(C1=N2)C1=C4C(=O)CC(C)(C)C1. The van der Waals surface area contributed by atoms with E-state index >= 15 is 0 Å². The standard InChI is InChI=1S/C28H35N5O2/c1-4-5-12-32-21-10-7-11-22(32)33-24(31-21)27(15-29)18-13-26(2,3)14-19(34)23(18)17-8-6-9-20(27)28(17,16-30)25(33)35/h17,20-22H,4-14H2,1-3H3. The summed E-state index contributed by atoms with van der Waals surface area (Å²) >= 11 is 0. The Morgan fingerprint density at radius 2 is 1.83 bits per heavy atom. The van der Waals surface area contributed by atoms with Gasteiger partial charge in [0.1, 0.15) is 22.8 Å². The fourth-order valence-corrected chi connectivity index (χ4v) is 8.58. The number of carbonyl (C=O) groups excluding carboxylic acids is 2. The highest BCUT2D eigenvalue weighted by Crippen LogP contribution is 2.69. The molecule has 0 radical (unpaired) electrons. The Morgan fingerprint density at radius 1 is 1.06 bits per heavy atom. The molecule has 35 heavy (non-hydrogen) atoms. The summed E-state index contributed by atoms with van der Waals surface area (Å²) in [4.78, 5) is 37.6. The monoisotopic (exact) mass is 473 g/mol. The number of hydrogen-bond acceptors (Lipinski definition) is 6. The van der Waals surface area contributed by atoms with Gasteiger partial charge in [-0.3, -0.25) is 24.4 Å². The van der Waals surface area contributed by atoms with E-state index < -0.39 is 22.7 Å². The van der Waals surface area contributed by atoms with Crippen molar-refractivity contribution in [3.05, 3.63) is 11.1 Å². The topological polar surface area (TPSA) is 101 Å². The largest absolute Gasteiger partial charge is 0.295 e.